The van der Waals surface area contributed by atoms with Crippen molar-refractivity contribution in [3.05, 3.63) is 93.8 Å². The van der Waals surface area contributed by atoms with Gasteiger partial charge in [0, 0.05) is 28.1 Å². The molecule has 0 saturated heterocycles. The Bertz CT molecular complexity index is 1360. The molecule has 10 heteroatoms. The summed E-state index contributed by atoms with van der Waals surface area (Å²) in [5.41, 5.74) is -0.238. The van der Waals surface area contributed by atoms with Crippen LogP contribution in [0.15, 0.2) is 61.2 Å². The maximum atomic E-state index is 14.8. The van der Waals surface area contributed by atoms with E-state index in [4.69, 9.17) is 11.6 Å². The third-order valence-corrected chi connectivity index (χ3v) is 7.63. The second-order valence-corrected chi connectivity index (χ2v) is 9.71. The van der Waals surface area contributed by atoms with Gasteiger partial charge in [-0.3, -0.25) is 4.79 Å². The number of fused-ring (bicyclic) bond motifs is 1. The van der Waals surface area contributed by atoms with Crippen LogP contribution in [-0.2, 0) is 18.7 Å². The number of amides is 1. The fourth-order valence-electron chi connectivity index (χ4n) is 4.28. The zero-order valence-electron chi connectivity index (χ0n) is 18.0. The molecule has 1 aliphatic rings. The van der Waals surface area contributed by atoms with E-state index in [9.17, 15) is 18.7 Å². The molecule has 0 saturated carbocycles. The minimum Gasteiger partial charge on any atom is -0.381 e. The van der Waals surface area contributed by atoms with Gasteiger partial charge in [0.2, 0.25) is 0 Å². The molecule has 2 aromatic carbocycles. The molecule has 0 spiro atoms. The van der Waals surface area contributed by atoms with Crippen LogP contribution >= 0.6 is 22.9 Å². The molecule has 3 heterocycles. The van der Waals surface area contributed by atoms with Gasteiger partial charge >= 0.3 is 0 Å². The predicted octanol–water partition coefficient (Wildman–Crippen LogP) is 4.87. The third-order valence-electron chi connectivity index (χ3n) is 6.16. The van der Waals surface area contributed by atoms with Crippen LogP contribution in [0.3, 0.4) is 0 Å². The molecule has 0 radical (unpaired) electrons. The Kier molecular flexibility index (Phi) is 5.71. The van der Waals surface area contributed by atoms with Crippen molar-refractivity contribution in [3.8, 4) is 10.4 Å². The summed E-state index contributed by atoms with van der Waals surface area (Å²) in [4.78, 5) is 20.3. The lowest BCUT2D eigenvalue weighted by Crippen LogP contribution is -2.52. The van der Waals surface area contributed by atoms with Crippen LogP contribution in [0.2, 0.25) is 5.02 Å². The predicted molar refractivity (Wildman–Crippen MR) is 124 cm³/mol. The van der Waals surface area contributed by atoms with Gasteiger partial charge in [0.05, 0.1) is 17.5 Å². The van der Waals surface area contributed by atoms with Gasteiger partial charge in [-0.15, -0.1) is 11.3 Å². The summed E-state index contributed by atoms with van der Waals surface area (Å²) in [6, 6.07) is 11.5. The number of hydrogen-bond acceptors (Lipinski definition) is 5. The summed E-state index contributed by atoms with van der Waals surface area (Å²) >= 11 is 7.34. The van der Waals surface area contributed by atoms with Crippen molar-refractivity contribution < 1.29 is 18.7 Å². The lowest BCUT2D eigenvalue weighted by Gasteiger charge is -2.39. The van der Waals surface area contributed by atoms with Gasteiger partial charge in [0.25, 0.3) is 5.91 Å². The van der Waals surface area contributed by atoms with E-state index in [1.807, 2.05) is 18.2 Å². The van der Waals surface area contributed by atoms with Gasteiger partial charge in [0.1, 0.15) is 29.9 Å². The molecular weight excluding hydrogens is 482 g/mol. The smallest absolute Gasteiger partial charge is 0.264 e. The maximum absolute atomic E-state index is 14.8. The number of hydrogen-bond donors (Lipinski definition) is 1. The number of benzene rings is 2. The average Bonchev–Trinajstić information content (AvgIpc) is 3.52. The summed E-state index contributed by atoms with van der Waals surface area (Å²) in [5, 5.41) is 16.4. The highest BCUT2D eigenvalue weighted by Crippen LogP contribution is 2.41. The number of rotatable bonds is 6. The molecule has 34 heavy (non-hydrogen) atoms. The Hall–Kier alpha value is -3.14. The lowest BCUT2D eigenvalue weighted by atomic mass is 9.85. The van der Waals surface area contributed by atoms with Crippen molar-refractivity contribution in [2.24, 2.45) is 0 Å². The fraction of sp³-hybridized carbons (Fsp3) is 0.208. The van der Waals surface area contributed by atoms with E-state index in [0.717, 1.165) is 28.1 Å². The van der Waals surface area contributed by atoms with Crippen LogP contribution in [0.1, 0.15) is 27.7 Å². The summed E-state index contributed by atoms with van der Waals surface area (Å²) in [7, 11) is 0. The first kappa shape index (κ1) is 22.6. The highest BCUT2D eigenvalue weighted by atomic mass is 35.5. The van der Waals surface area contributed by atoms with E-state index >= 15 is 0 Å². The van der Waals surface area contributed by atoms with Gasteiger partial charge in [-0.05, 0) is 42.3 Å². The van der Waals surface area contributed by atoms with E-state index in [2.05, 4.69) is 10.1 Å². The number of halogens is 3. The monoisotopic (exact) mass is 500 g/mol. The Morgan fingerprint density at radius 3 is 2.62 bits per heavy atom. The fourth-order valence-corrected chi connectivity index (χ4v) is 5.54. The normalized spacial score (nSPS) is 15.9. The third kappa shape index (κ3) is 3.89. The molecule has 2 aromatic heterocycles. The quantitative estimate of drug-likeness (QED) is 0.410. The summed E-state index contributed by atoms with van der Waals surface area (Å²) in [6.07, 6.45) is 2.68. The van der Waals surface area contributed by atoms with E-state index in [0.29, 0.717) is 9.90 Å². The van der Waals surface area contributed by atoms with Gasteiger partial charge < -0.3 is 10.0 Å². The van der Waals surface area contributed by atoms with Crippen LogP contribution in [0, 0.1) is 11.6 Å². The molecule has 0 unspecified atom stereocenters. The lowest BCUT2D eigenvalue weighted by molar-refractivity contribution is -0.0556. The van der Waals surface area contributed by atoms with E-state index in [1.165, 1.54) is 39.6 Å². The Morgan fingerprint density at radius 2 is 1.97 bits per heavy atom. The van der Waals surface area contributed by atoms with Crippen molar-refractivity contribution in [2.45, 2.75) is 31.7 Å². The number of aliphatic hydroxyl groups is 1. The van der Waals surface area contributed by atoms with Crippen molar-refractivity contribution in [3.63, 3.8) is 0 Å². The highest BCUT2D eigenvalue weighted by molar-refractivity contribution is 7.17. The Labute approximate surface area is 203 Å². The molecule has 0 fully saturated rings. The highest BCUT2D eigenvalue weighted by Gasteiger charge is 2.46. The van der Waals surface area contributed by atoms with Crippen molar-refractivity contribution in [2.75, 3.05) is 0 Å². The second-order valence-electron chi connectivity index (χ2n) is 8.22. The molecule has 0 bridgehead atoms. The summed E-state index contributed by atoms with van der Waals surface area (Å²) < 4.78 is 29.8. The molecule has 5 rings (SSSR count). The summed E-state index contributed by atoms with van der Waals surface area (Å²) in [5.74, 6) is -1.92. The molecule has 0 aliphatic carbocycles. The molecule has 1 aliphatic heterocycles. The molecule has 4 aromatic rings. The first-order valence-electron chi connectivity index (χ1n) is 10.5. The molecule has 2 atom stereocenters. The van der Waals surface area contributed by atoms with Crippen molar-refractivity contribution >= 4 is 28.8 Å². The second kappa shape index (κ2) is 8.57. The number of carbonyl (C=O) groups excluding carboxylic acids is 1. The number of carbonyl (C=O) groups is 1. The van der Waals surface area contributed by atoms with Crippen molar-refractivity contribution in [1.82, 2.24) is 19.7 Å². The van der Waals surface area contributed by atoms with Crippen LogP contribution in [0.4, 0.5) is 8.78 Å². The molecular formula is C24H19ClF2N4O2S. The summed E-state index contributed by atoms with van der Waals surface area (Å²) in [6.45, 7) is 1.72. The first-order chi connectivity index (χ1) is 16.3. The molecule has 1 amide bonds. The molecule has 6 nitrogen and oxygen atoms in total. The number of aromatic nitrogens is 3. The number of thiophene rings is 1. The Balaban J connectivity index is 1.48. The Morgan fingerprint density at radius 1 is 1.21 bits per heavy atom. The van der Waals surface area contributed by atoms with Crippen LogP contribution < -0.4 is 0 Å². The average molecular weight is 501 g/mol. The van der Waals surface area contributed by atoms with E-state index in [-0.39, 0.29) is 24.6 Å². The maximum Gasteiger partial charge on any atom is 0.264 e. The minimum absolute atomic E-state index is 0.123. The van der Waals surface area contributed by atoms with Gasteiger partial charge in [0.15, 0.2) is 0 Å². The zero-order chi connectivity index (χ0) is 24.0. The largest absolute Gasteiger partial charge is 0.381 e. The van der Waals surface area contributed by atoms with Crippen molar-refractivity contribution in [1.29, 1.82) is 0 Å². The van der Waals surface area contributed by atoms with E-state index < -0.39 is 23.3 Å². The SMILES string of the molecule is C[C@@H](N1Cc2cc(-c3ccc(Cl)cc3)sc2C1=O)[C@](O)(Cn1cncn1)c1ccc(F)cc1F. The molecule has 1 N–H and O–H groups in total. The molecule has 174 valence electrons. The zero-order valence-corrected chi connectivity index (χ0v) is 19.5. The first-order valence-corrected chi connectivity index (χ1v) is 11.7. The van der Waals surface area contributed by atoms with Crippen LogP contribution in [-0.4, -0.2) is 36.7 Å². The topological polar surface area (TPSA) is 71.2 Å². The standard InChI is InChI=1S/C24H19ClF2N4O2S/c1-14(24(33,11-30-13-28-12-29-30)19-7-6-18(26)9-20(19)27)31-10-16-8-21(34-22(16)23(31)32)15-2-4-17(25)5-3-15/h2-9,12-14,33H,10-11H2,1H3/t14-,24-/m1/s1. The van der Waals surface area contributed by atoms with Gasteiger partial charge in [-0.2, -0.15) is 5.10 Å². The van der Waals surface area contributed by atoms with Gasteiger partial charge in [-0.25, -0.2) is 18.4 Å². The minimum atomic E-state index is -1.89. The van der Waals surface area contributed by atoms with Gasteiger partial charge in [-0.1, -0.05) is 29.8 Å². The van der Waals surface area contributed by atoms with Crippen LogP contribution in [0.25, 0.3) is 10.4 Å². The van der Waals surface area contributed by atoms with Crippen LogP contribution in [0.5, 0.6) is 0 Å². The number of nitrogens with zero attached hydrogens (tertiary/aromatic N) is 4. The van der Waals surface area contributed by atoms with E-state index in [1.54, 1.807) is 19.1 Å².